The SMILES string of the molecule is Cc1cc(C)c(C(=O)CCC(F)(F)F)cc1C. The number of carbonyl (C=O) groups excluding carboxylic acids is 1. The lowest BCUT2D eigenvalue weighted by Crippen LogP contribution is -2.12. The summed E-state index contributed by atoms with van der Waals surface area (Å²) in [5.41, 5.74) is 3.10. The number of benzene rings is 1. The highest BCUT2D eigenvalue weighted by molar-refractivity contribution is 5.97. The van der Waals surface area contributed by atoms with Crippen molar-refractivity contribution in [1.29, 1.82) is 0 Å². The van der Waals surface area contributed by atoms with Gasteiger partial charge in [0.15, 0.2) is 5.78 Å². The molecule has 0 fully saturated rings. The van der Waals surface area contributed by atoms with Crippen LogP contribution in [0.1, 0.15) is 39.9 Å². The molecule has 0 atom stereocenters. The van der Waals surface area contributed by atoms with Gasteiger partial charge in [-0.25, -0.2) is 0 Å². The molecule has 0 amide bonds. The lowest BCUT2D eigenvalue weighted by atomic mass is 9.96. The maximum absolute atomic E-state index is 12.0. The lowest BCUT2D eigenvalue weighted by molar-refractivity contribution is -0.133. The van der Waals surface area contributed by atoms with E-state index < -0.39 is 24.8 Å². The number of halogens is 3. The molecule has 1 rings (SSSR count). The molecule has 17 heavy (non-hydrogen) atoms. The summed E-state index contributed by atoms with van der Waals surface area (Å²) in [6.07, 6.45) is -5.81. The Hall–Kier alpha value is -1.32. The zero-order valence-corrected chi connectivity index (χ0v) is 10.1. The lowest BCUT2D eigenvalue weighted by Gasteiger charge is -2.10. The van der Waals surface area contributed by atoms with Crippen LogP contribution >= 0.6 is 0 Å². The van der Waals surface area contributed by atoms with Crippen molar-refractivity contribution in [1.82, 2.24) is 0 Å². The fourth-order valence-corrected chi connectivity index (χ4v) is 1.65. The summed E-state index contributed by atoms with van der Waals surface area (Å²) in [7, 11) is 0. The maximum Gasteiger partial charge on any atom is 0.389 e. The Balaban J connectivity index is 2.86. The molecule has 1 aromatic rings. The first kappa shape index (κ1) is 13.7. The van der Waals surface area contributed by atoms with Crippen LogP contribution in [0.15, 0.2) is 12.1 Å². The fraction of sp³-hybridized carbons (Fsp3) is 0.462. The Kier molecular flexibility index (Phi) is 3.96. The van der Waals surface area contributed by atoms with Gasteiger partial charge < -0.3 is 0 Å². The molecule has 0 spiro atoms. The van der Waals surface area contributed by atoms with Crippen LogP contribution in [0.25, 0.3) is 0 Å². The quantitative estimate of drug-likeness (QED) is 0.730. The number of hydrogen-bond donors (Lipinski definition) is 0. The van der Waals surface area contributed by atoms with E-state index in [0.29, 0.717) is 5.56 Å². The van der Waals surface area contributed by atoms with Gasteiger partial charge in [0, 0.05) is 12.0 Å². The van der Waals surface area contributed by atoms with Crippen molar-refractivity contribution in [2.45, 2.75) is 39.8 Å². The molecular formula is C13H15F3O. The van der Waals surface area contributed by atoms with Crippen LogP contribution in [-0.2, 0) is 0 Å². The van der Waals surface area contributed by atoms with Gasteiger partial charge in [0.1, 0.15) is 0 Å². The van der Waals surface area contributed by atoms with Gasteiger partial charge >= 0.3 is 6.18 Å². The van der Waals surface area contributed by atoms with Crippen molar-refractivity contribution < 1.29 is 18.0 Å². The number of hydrogen-bond acceptors (Lipinski definition) is 1. The van der Waals surface area contributed by atoms with Crippen molar-refractivity contribution in [2.24, 2.45) is 0 Å². The fourth-order valence-electron chi connectivity index (χ4n) is 1.65. The molecule has 0 unspecified atom stereocenters. The van der Waals surface area contributed by atoms with E-state index in [-0.39, 0.29) is 0 Å². The van der Waals surface area contributed by atoms with Crippen LogP contribution in [0.3, 0.4) is 0 Å². The van der Waals surface area contributed by atoms with Gasteiger partial charge in [-0.15, -0.1) is 0 Å². The molecular weight excluding hydrogens is 229 g/mol. The van der Waals surface area contributed by atoms with Crippen LogP contribution in [-0.4, -0.2) is 12.0 Å². The van der Waals surface area contributed by atoms with E-state index in [0.717, 1.165) is 16.7 Å². The monoisotopic (exact) mass is 244 g/mol. The third-order valence-electron chi connectivity index (χ3n) is 2.78. The summed E-state index contributed by atoms with van der Waals surface area (Å²) < 4.78 is 36.1. The molecule has 1 aromatic carbocycles. The molecule has 94 valence electrons. The van der Waals surface area contributed by atoms with Crippen LogP contribution < -0.4 is 0 Å². The van der Waals surface area contributed by atoms with Gasteiger partial charge in [-0.2, -0.15) is 13.2 Å². The van der Waals surface area contributed by atoms with Gasteiger partial charge in [0.05, 0.1) is 6.42 Å². The summed E-state index contributed by atoms with van der Waals surface area (Å²) in [6, 6.07) is 3.50. The zero-order chi connectivity index (χ0) is 13.2. The zero-order valence-electron chi connectivity index (χ0n) is 10.1. The first-order valence-electron chi connectivity index (χ1n) is 5.38. The standard InChI is InChI=1S/C13H15F3O/c1-8-6-10(3)11(7-9(8)2)12(17)4-5-13(14,15)16/h6-7H,4-5H2,1-3H3. The highest BCUT2D eigenvalue weighted by Gasteiger charge is 2.28. The minimum atomic E-state index is -4.27. The first-order chi connectivity index (χ1) is 7.70. The highest BCUT2D eigenvalue weighted by Crippen LogP contribution is 2.24. The molecule has 0 radical (unpaired) electrons. The molecule has 4 heteroatoms. The molecule has 0 heterocycles. The molecule has 0 aliphatic rings. The van der Waals surface area contributed by atoms with Gasteiger partial charge in [0.2, 0.25) is 0 Å². The van der Waals surface area contributed by atoms with Crippen molar-refractivity contribution >= 4 is 5.78 Å². The van der Waals surface area contributed by atoms with Crippen molar-refractivity contribution in [3.63, 3.8) is 0 Å². The molecule has 0 aliphatic carbocycles. The van der Waals surface area contributed by atoms with Gasteiger partial charge in [-0.05, 0) is 43.5 Å². The molecule has 0 saturated carbocycles. The maximum atomic E-state index is 12.0. The van der Waals surface area contributed by atoms with Gasteiger partial charge in [-0.3, -0.25) is 4.79 Å². The minimum Gasteiger partial charge on any atom is -0.294 e. The molecule has 0 aromatic heterocycles. The summed E-state index contributed by atoms with van der Waals surface area (Å²) in [4.78, 5) is 11.7. The van der Waals surface area contributed by atoms with Crippen LogP contribution in [0.2, 0.25) is 0 Å². The van der Waals surface area contributed by atoms with Gasteiger partial charge in [0.25, 0.3) is 0 Å². The van der Waals surface area contributed by atoms with Gasteiger partial charge in [-0.1, -0.05) is 6.07 Å². The predicted octanol–water partition coefficient (Wildman–Crippen LogP) is 4.14. The van der Waals surface area contributed by atoms with Crippen LogP contribution in [0.5, 0.6) is 0 Å². The summed E-state index contributed by atoms with van der Waals surface area (Å²) in [5, 5.41) is 0. The average Bonchev–Trinajstić information content (AvgIpc) is 2.19. The Bertz CT molecular complexity index is 433. The van der Waals surface area contributed by atoms with Crippen LogP contribution in [0, 0.1) is 20.8 Å². The van der Waals surface area contributed by atoms with Crippen molar-refractivity contribution in [3.8, 4) is 0 Å². The van der Waals surface area contributed by atoms with Crippen molar-refractivity contribution in [3.05, 3.63) is 34.4 Å². The highest BCUT2D eigenvalue weighted by atomic mass is 19.4. The molecule has 1 nitrogen and oxygen atoms in total. The van der Waals surface area contributed by atoms with Crippen molar-refractivity contribution in [2.75, 3.05) is 0 Å². The molecule has 0 saturated heterocycles. The number of ketones is 1. The van der Waals surface area contributed by atoms with E-state index in [1.54, 1.807) is 13.0 Å². The second-order valence-corrected chi connectivity index (χ2v) is 4.29. The Labute approximate surface area is 98.6 Å². The van der Waals surface area contributed by atoms with E-state index in [4.69, 9.17) is 0 Å². The average molecular weight is 244 g/mol. The molecule has 0 bridgehead atoms. The number of rotatable bonds is 3. The third kappa shape index (κ3) is 3.88. The largest absolute Gasteiger partial charge is 0.389 e. The van der Waals surface area contributed by atoms with E-state index in [2.05, 4.69) is 0 Å². The Morgan fingerprint density at radius 3 is 2.12 bits per heavy atom. The van der Waals surface area contributed by atoms with E-state index in [1.807, 2.05) is 19.9 Å². The predicted molar refractivity (Wildman–Crippen MR) is 60.3 cm³/mol. The van der Waals surface area contributed by atoms with E-state index in [9.17, 15) is 18.0 Å². The summed E-state index contributed by atoms with van der Waals surface area (Å²) in [5.74, 6) is -0.442. The minimum absolute atomic E-state index is 0.400. The number of Topliss-reactive ketones (excluding diaryl/α,β-unsaturated/α-hetero) is 1. The topological polar surface area (TPSA) is 17.1 Å². The number of alkyl halides is 3. The normalized spacial score (nSPS) is 11.6. The Morgan fingerprint density at radius 2 is 1.59 bits per heavy atom. The second kappa shape index (κ2) is 4.90. The number of carbonyl (C=O) groups is 1. The second-order valence-electron chi connectivity index (χ2n) is 4.29. The smallest absolute Gasteiger partial charge is 0.294 e. The van der Waals surface area contributed by atoms with E-state index >= 15 is 0 Å². The van der Waals surface area contributed by atoms with Crippen LogP contribution in [0.4, 0.5) is 13.2 Å². The summed E-state index contributed by atoms with van der Waals surface area (Å²) >= 11 is 0. The number of aryl methyl sites for hydroxylation is 3. The summed E-state index contributed by atoms with van der Waals surface area (Å²) in [6.45, 7) is 5.49. The molecule has 0 N–H and O–H groups in total. The Morgan fingerprint density at radius 1 is 1.06 bits per heavy atom. The van der Waals surface area contributed by atoms with E-state index in [1.165, 1.54) is 0 Å². The molecule has 0 aliphatic heterocycles. The first-order valence-corrected chi connectivity index (χ1v) is 5.38. The third-order valence-corrected chi connectivity index (χ3v) is 2.78.